The van der Waals surface area contributed by atoms with Crippen LogP contribution in [0.5, 0.6) is 0 Å². The van der Waals surface area contributed by atoms with Crippen LogP contribution in [0, 0.1) is 0 Å². The van der Waals surface area contributed by atoms with Crippen LogP contribution in [0.15, 0.2) is 33.8 Å². The van der Waals surface area contributed by atoms with E-state index in [2.05, 4.69) is 27.8 Å². The third-order valence-electron chi connectivity index (χ3n) is 3.87. The standard InChI is InChI=1S/C17H22BrN3O2/c1-3-5-9-20(4-2)16(22)8-10-21-12-19-15-7-6-13(18)11-14(15)17(21)23/h6-7,11-12H,3-5,8-10H2,1-2H3. The molecule has 0 saturated heterocycles. The van der Waals surface area contributed by atoms with Crippen LogP contribution in [0.1, 0.15) is 33.1 Å². The summed E-state index contributed by atoms with van der Waals surface area (Å²) in [6, 6.07) is 5.43. The zero-order valence-corrected chi connectivity index (χ0v) is 15.2. The number of hydrogen-bond donors (Lipinski definition) is 0. The molecule has 1 heterocycles. The van der Waals surface area contributed by atoms with E-state index in [4.69, 9.17) is 0 Å². The van der Waals surface area contributed by atoms with Gasteiger partial charge in [-0.25, -0.2) is 4.98 Å². The molecule has 0 atom stereocenters. The van der Waals surface area contributed by atoms with Crippen LogP contribution >= 0.6 is 15.9 Å². The predicted molar refractivity (Wildman–Crippen MR) is 95.5 cm³/mol. The molecule has 23 heavy (non-hydrogen) atoms. The van der Waals surface area contributed by atoms with Crippen molar-refractivity contribution in [2.45, 2.75) is 39.7 Å². The average molecular weight is 380 g/mol. The number of nitrogens with zero attached hydrogens (tertiary/aromatic N) is 3. The van der Waals surface area contributed by atoms with Crippen molar-refractivity contribution in [1.82, 2.24) is 14.5 Å². The number of halogens is 1. The van der Waals surface area contributed by atoms with Gasteiger partial charge in [-0.2, -0.15) is 0 Å². The van der Waals surface area contributed by atoms with E-state index in [1.165, 1.54) is 10.9 Å². The summed E-state index contributed by atoms with van der Waals surface area (Å²) < 4.78 is 2.36. The Labute approximate surface area is 144 Å². The number of fused-ring (bicyclic) bond motifs is 1. The molecule has 0 bridgehead atoms. The highest BCUT2D eigenvalue weighted by Crippen LogP contribution is 2.14. The molecule has 1 aromatic heterocycles. The van der Waals surface area contributed by atoms with Crippen LogP contribution in [-0.2, 0) is 11.3 Å². The van der Waals surface area contributed by atoms with Gasteiger partial charge in [-0.1, -0.05) is 29.3 Å². The normalized spacial score (nSPS) is 10.9. The molecule has 0 unspecified atom stereocenters. The average Bonchev–Trinajstić information content (AvgIpc) is 2.55. The van der Waals surface area contributed by atoms with E-state index in [0.717, 1.165) is 23.9 Å². The van der Waals surface area contributed by atoms with Gasteiger partial charge in [-0.05, 0) is 31.5 Å². The molecule has 0 saturated carbocycles. The molecule has 0 aliphatic heterocycles. The molecule has 0 fully saturated rings. The summed E-state index contributed by atoms with van der Waals surface area (Å²) in [5.74, 6) is 0.0854. The maximum atomic E-state index is 12.5. The summed E-state index contributed by atoms with van der Waals surface area (Å²) in [7, 11) is 0. The molecule has 0 aliphatic rings. The lowest BCUT2D eigenvalue weighted by Crippen LogP contribution is -2.33. The van der Waals surface area contributed by atoms with Crippen LogP contribution in [-0.4, -0.2) is 33.4 Å². The molecule has 1 amide bonds. The van der Waals surface area contributed by atoms with Gasteiger partial charge in [0.15, 0.2) is 0 Å². The van der Waals surface area contributed by atoms with E-state index in [1.807, 2.05) is 17.9 Å². The lowest BCUT2D eigenvalue weighted by atomic mass is 10.2. The van der Waals surface area contributed by atoms with E-state index in [1.54, 1.807) is 12.1 Å². The number of unbranched alkanes of at least 4 members (excludes halogenated alkanes) is 1. The Morgan fingerprint density at radius 2 is 2.13 bits per heavy atom. The number of carbonyl (C=O) groups is 1. The topological polar surface area (TPSA) is 55.2 Å². The number of aryl methyl sites for hydroxylation is 1. The van der Waals surface area contributed by atoms with Gasteiger partial charge in [-0.15, -0.1) is 0 Å². The molecule has 124 valence electrons. The zero-order chi connectivity index (χ0) is 16.8. The highest BCUT2D eigenvalue weighted by molar-refractivity contribution is 9.10. The molecule has 0 N–H and O–H groups in total. The molecular weight excluding hydrogens is 358 g/mol. The van der Waals surface area contributed by atoms with Gasteiger partial charge in [0.1, 0.15) is 0 Å². The SMILES string of the molecule is CCCCN(CC)C(=O)CCn1cnc2ccc(Br)cc2c1=O. The number of amides is 1. The Morgan fingerprint density at radius 1 is 1.35 bits per heavy atom. The highest BCUT2D eigenvalue weighted by Gasteiger charge is 2.12. The molecule has 5 nitrogen and oxygen atoms in total. The first-order valence-electron chi connectivity index (χ1n) is 7.99. The van der Waals surface area contributed by atoms with Crippen LogP contribution in [0.25, 0.3) is 10.9 Å². The Kier molecular flexibility index (Phi) is 6.33. The van der Waals surface area contributed by atoms with Gasteiger partial charge in [0.2, 0.25) is 5.91 Å². The predicted octanol–water partition coefficient (Wildman–Crippen LogP) is 3.20. The maximum Gasteiger partial charge on any atom is 0.261 e. The molecule has 0 aliphatic carbocycles. The minimum Gasteiger partial charge on any atom is -0.343 e. The molecule has 0 radical (unpaired) electrons. The zero-order valence-electron chi connectivity index (χ0n) is 13.6. The van der Waals surface area contributed by atoms with Gasteiger partial charge in [0.25, 0.3) is 5.56 Å². The Hall–Kier alpha value is -1.69. The van der Waals surface area contributed by atoms with Gasteiger partial charge in [0, 0.05) is 30.5 Å². The second kappa shape index (κ2) is 8.24. The van der Waals surface area contributed by atoms with Crippen molar-refractivity contribution in [2.24, 2.45) is 0 Å². The molecular formula is C17H22BrN3O2. The number of rotatable bonds is 7. The first-order valence-corrected chi connectivity index (χ1v) is 8.78. The third-order valence-corrected chi connectivity index (χ3v) is 4.36. The van der Waals surface area contributed by atoms with Crippen molar-refractivity contribution < 1.29 is 4.79 Å². The van der Waals surface area contributed by atoms with Gasteiger partial charge in [-0.3, -0.25) is 14.2 Å². The highest BCUT2D eigenvalue weighted by atomic mass is 79.9. The number of hydrogen-bond acceptors (Lipinski definition) is 3. The Bertz CT molecular complexity index is 742. The fourth-order valence-corrected chi connectivity index (χ4v) is 2.83. The molecule has 1 aromatic carbocycles. The molecule has 2 rings (SSSR count). The lowest BCUT2D eigenvalue weighted by molar-refractivity contribution is -0.131. The third kappa shape index (κ3) is 4.41. The molecule has 0 spiro atoms. The Morgan fingerprint density at radius 3 is 2.83 bits per heavy atom. The fraction of sp³-hybridized carbons (Fsp3) is 0.471. The summed E-state index contributed by atoms with van der Waals surface area (Å²) in [6.45, 7) is 5.93. The first kappa shape index (κ1) is 17.7. The summed E-state index contributed by atoms with van der Waals surface area (Å²) in [5.41, 5.74) is 0.555. The lowest BCUT2D eigenvalue weighted by Gasteiger charge is -2.20. The maximum absolute atomic E-state index is 12.5. The number of benzene rings is 1. The quantitative estimate of drug-likeness (QED) is 0.741. The monoisotopic (exact) mass is 379 g/mol. The van der Waals surface area contributed by atoms with Crippen molar-refractivity contribution in [3.05, 3.63) is 39.4 Å². The summed E-state index contributed by atoms with van der Waals surface area (Å²) in [5, 5.41) is 0.563. The van der Waals surface area contributed by atoms with E-state index in [0.29, 0.717) is 30.4 Å². The summed E-state index contributed by atoms with van der Waals surface area (Å²) >= 11 is 3.37. The second-order valence-electron chi connectivity index (χ2n) is 5.48. The second-order valence-corrected chi connectivity index (χ2v) is 6.40. The van der Waals surface area contributed by atoms with E-state index in [9.17, 15) is 9.59 Å². The molecule has 2 aromatic rings. The number of aromatic nitrogens is 2. The van der Waals surface area contributed by atoms with Gasteiger partial charge in [0.05, 0.1) is 17.2 Å². The van der Waals surface area contributed by atoms with Gasteiger partial charge < -0.3 is 4.90 Å². The fourth-order valence-electron chi connectivity index (χ4n) is 2.47. The van der Waals surface area contributed by atoms with Crippen LogP contribution in [0.4, 0.5) is 0 Å². The van der Waals surface area contributed by atoms with Crippen LogP contribution in [0.3, 0.4) is 0 Å². The molecule has 6 heteroatoms. The summed E-state index contributed by atoms with van der Waals surface area (Å²) in [6.07, 6.45) is 3.91. The number of carbonyl (C=O) groups excluding carboxylic acids is 1. The van der Waals surface area contributed by atoms with Crippen molar-refractivity contribution in [3.8, 4) is 0 Å². The minimum absolute atomic E-state index is 0.0854. The smallest absolute Gasteiger partial charge is 0.261 e. The largest absolute Gasteiger partial charge is 0.343 e. The van der Waals surface area contributed by atoms with Crippen LogP contribution in [0.2, 0.25) is 0 Å². The van der Waals surface area contributed by atoms with E-state index < -0.39 is 0 Å². The minimum atomic E-state index is -0.110. The Balaban J connectivity index is 2.11. The van der Waals surface area contributed by atoms with Crippen molar-refractivity contribution >= 4 is 32.7 Å². The van der Waals surface area contributed by atoms with Gasteiger partial charge >= 0.3 is 0 Å². The summed E-state index contributed by atoms with van der Waals surface area (Å²) in [4.78, 5) is 30.9. The van der Waals surface area contributed by atoms with Crippen LogP contribution < -0.4 is 5.56 Å². The van der Waals surface area contributed by atoms with Crippen molar-refractivity contribution in [2.75, 3.05) is 13.1 Å². The first-order chi connectivity index (χ1) is 11.1. The van der Waals surface area contributed by atoms with Crippen molar-refractivity contribution in [3.63, 3.8) is 0 Å². The van der Waals surface area contributed by atoms with E-state index in [-0.39, 0.29) is 11.5 Å². The van der Waals surface area contributed by atoms with E-state index >= 15 is 0 Å². The van der Waals surface area contributed by atoms with Crippen molar-refractivity contribution in [1.29, 1.82) is 0 Å².